The number of carbonyl (C=O) groups is 1. The summed E-state index contributed by atoms with van der Waals surface area (Å²) in [6.07, 6.45) is 8.31. The van der Waals surface area contributed by atoms with E-state index in [9.17, 15) is 14.0 Å². The number of fused-ring (bicyclic) bond motifs is 2. The van der Waals surface area contributed by atoms with Crippen molar-refractivity contribution in [2.24, 2.45) is 0 Å². The van der Waals surface area contributed by atoms with Crippen molar-refractivity contribution >= 4 is 17.2 Å². The Kier molecular flexibility index (Phi) is 4.64. The number of pyridine rings is 2. The highest BCUT2D eigenvalue weighted by Crippen LogP contribution is 2.58. The lowest BCUT2D eigenvalue weighted by atomic mass is 9.62. The number of ether oxygens (including phenoxy) is 2. The lowest BCUT2D eigenvalue weighted by molar-refractivity contribution is 0.0154. The van der Waals surface area contributed by atoms with Gasteiger partial charge in [0, 0.05) is 36.1 Å². The van der Waals surface area contributed by atoms with Crippen molar-refractivity contribution in [1.82, 2.24) is 14.0 Å². The van der Waals surface area contributed by atoms with Crippen LogP contribution in [0.25, 0.3) is 5.65 Å². The average Bonchev–Trinajstić information content (AvgIpc) is 3.33. The zero-order valence-electron chi connectivity index (χ0n) is 19.2. The molecule has 2 aliphatic carbocycles. The molecule has 0 spiro atoms. The minimum Gasteiger partial charge on any atom is -0.487 e. The first kappa shape index (κ1) is 21.3. The highest BCUT2D eigenvalue weighted by atomic mass is 19.1. The molecule has 178 valence electrons. The topological polar surface area (TPSA) is 86.9 Å². The van der Waals surface area contributed by atoms with E-state index in [4.69, 9.17) is 14.5 Å². The van der Waals surface area contributed by atoms with E-state index in [0.717, 1.165) is 31.4 Å². The normalized spacial score (nSPS) is 26.3. The summed E-state index contributed by atoms with van der Waals surface area (Å²) < 4.78 is 28.3. The number of imidazole rings is 1. The van der Waals surface area contributed by atoms with Crippen molar-refractivity contribution in [1.29, 1.82) is 0 Å². The Morgan fingerprint density at radius 3 is 2.85 bits per heavy atom. The smallest absolute Gasteiger partial charge is 0.274 e. The van der Waals surface area contributed by atoms with Gasteiger partial charge in [-0.1, -0.05) is 0 Å². The highest BCUT2D eigenvalue weighted by molar-refractivity contribution is 6.06. The lowest BCUT2D eigenvalue weighted by Gasteiger charge is -2.41. The molecule has 1 amide bonds. The van der Waals surface area contributed by atoms with Crippen LogP contribution in [0, 0.1) is 0 Å². The summed E-state index contributed by atoms with van der Waals surface area (Å²) in [6, 6.07) is 5.19. The number of anilines is 1. The van der Waals surface area contributed by atoms with Gasteiger partial charge in [0.15, 0.2) is 0 Å². The molecular formula is C25H27FN4O4. The SMILES string of the molecule is CC(CF)Oc1cc2nc(C34COC(C)(C3)C4)cn2cc1C(=O)Nc1cccn(C2CC2)c1=O. The van der Waals surface area contributed by atoms with E-state index in [-0.39, 0.29) is 39.6 Å². The maximum Gasteiger partial charge on any atom is 0.274 e. The Bertz CT molecular complexity index is 1350. The van der Waals surface area contributed by atoms with Gasteiger partial charge < -0.3 is 23.8 Å². The van der Waals surface area contributed by atoms with Gasteiger partial charge in [-0.25, -0.2) is 9.37 Å². The van der Waals surface area contributed by atoms with Crippen molar-refractivity contribution in [2.45, 2.75) is 62.7 Å². The molecule has 0 radical (unpaired) electrons. The molecular weight excluding hydrogens is 439 g/mol. The Balaban J connectivity index is 1.36. The predicted molar refractivity (Wildman–Crippen MR) is 123 cm³/mol. The van der Waals surface area contributed by atoms with E-state index in [2.05, 4.69) is 12.2 Å². The van der Waals surface area contributed by atoms with Gasteiger partial charge in [0.25, 0.3) is 11.5 Å². The number of aromatic nitrogens is 3. The standard InChI is InChI=1S/C25H27FN4O4/c1-15(9-26)34-19-8-21-28-20(25-12-24(2,13-25)33-14-25)11-29(21)10-17(19)22(31)27-18-4-3-7-30(23(18)32)16-5-6-16/h3-4,7-8,10-11,15-16H,5-6,9,12-14H2,1-2H3,(H,27,31). The Morgan fingerprint density at radius 1 is 1.38 bits per heavy atom. The molecule has 9 heteroatoms. The fourth-order valence-electron chi connectivity index (χ4n) is 5.37. The number of halogens is 1. The first-order chi connectivity index (χ1) is 16.3. The molecule has 3 aromatic rings. The zero-order valence-corrected chi connectivity index (χ0v) is 19.2. The number of nitrogens with zero attached hydrogens (tertiary/aromatic N) is 3. The summed E-state index contributed by atoms with van der Waals surface area (Å²) in [7, 11) is 0. The first-order valence-electron chi connectivity index (χ1n) is 11.7. The molecule has 7 rings (SSSR count). The maximum atomic E-state index is 13.3. The second kappa shape index (κ2) is 7.40. The van der Waals surface area contributed by atoms with E-state index < -0.39 is 18.7 Å². The predicted octanol–water partition coefficient (Wildman–Crippen LogP) is 3.64. The monoisotopic (exact) mass is 466 g/mol. The summed E-state index contributed by atoms with van der Waals surface area (Å²) in [5.41, 5.74) is 1.52. The first-order valence-corrected chi connectivity index (χ1v) is 11.7. The number of carbonyl (C=O) groups excluding carboxylic acids is 1. The third-order valence-corrected chi connectivity index (χ3v) is 7.17. The number of nitrogens with one attached hydrogen (secondary N) is 1. The minimum absolute atomic E-state index is 0.0747. The Labute approximate surface area is 195 Å². The second-order valence-corrected chi connectivity index (χ2v) is 10.2. The van der Waals surface area contributed by atoms with E-state index in [0.29, 0.717) is 12.3 Å². The van der Waals surface area contributed by atoms with Crippen molar-refractivity contribution in [3.8, 4) is 5.75 Å². The molecule has 5 heterocycles. The summed E-state index contributed by atoms with van der Waals surface area (Å²) >= 11 is 0. The largest absolute Gasteiger partial charge is 0.487 e. The van der Waals surface area contributed by atoms with Gasteiger partial charge in [-0.3, -0.25) is 9.59 Å². The molecule has 8 nitrogen and oxygen atoms in total. The minimum atomic E-state index is -0.735. The molecule has 1 N–H and O–H groups in total. The van der Waals surface area contributed by atoms with Crippen LogP contribution in [0.4, 0.5) is 10.1 Å². The molecule has 34 heavy (non-hydrogen) atoms. The molecule has 3 aromatic heterocycles. The van der Waals surface area contributed by atoms with E-state index in [1.54, 1.807) is 46.5 Å². The fourth-order valence-corrected chi connectivity index (χ4v) is 5.37. The summed E-state index contributed by atoms with van der Waals surface area (Å²) in [5, 5.41) is 2.73. The molecule has 2 saturated heterocycles. The maximum absolute atomic E-state index is 13.3. The van der Waals surface area contributed by atoms with Gasteiger partial charge in [-0.05, 0) is 51.7 Å². The highest BCUT2D eigenvalue weighted by Gasteiger charge is 2.61. The van der Waals surface area contributed by atoms with Crippen molar-refractivity contribution in [3.05, 3.63) is 58.4 Å². The van der Waals surface area contributed by atoms with Gasteiger partial charge in [0.2, 0.25) is 0 Å². The molecule has 2 bridgehead atoms. The van der Waals surface area contributed by atoms with Crippen LogP contribution >= 0.6 is 0 Å². The molecule has 2 aliphatic heterocycles. The third kappa shape index (κ3) is 3.41. The Morgan fingerprint density at radius 2 is 2.18 bits per heavy atom. The molecule has 0 aromatic carbocycles. The van der Waals surface area contributed by atoms with Crippen LogP contribution in [0.1, 0.15) is 61.6 Å². The number of rotatable bonds is 7. The van der Waals surface area contributed by atoms with Crippen molar-refractivity contribution in [3.63, 3.8) is 0 Å². The quantitative estimate of drug-likeness (QED) is 0.575. The lowest BCUT2D eigenvalue weighted by Crippen LogP contribution is -2.45. The fraction of sp³-hybridized carbons (Fsp3) is 0.480. The van der Waals surface area contributed by atoms with Gasteiger partial charge >= 0.3 is 0 Å². The summed E-state index contributed by atoms with van der Waals surface area (Å²) in [6.45, 7) is 3.64. The molecule has 1 atom stereocenters. The molecule has 4 aliphatic rings. The van der Waals surface area contributed by atoms with Crippen LogP contribution in [-0.2, 0) is 10.2 Å². The van der Waals surface area contributed by atoms with Gasteiger partial charge in [0.1, 0.15) is 29.9 Å². The molecule has 1 unspecified atom stereocenters. The second-order valence-electron chi connectivity index (χ2n) is 10.2. The van der Waals surface area contributed by atoms with Crippen LogP contribution in [0.3, 0.4) is 0 Å². The van der Waals surface area contributed by atoms with Crippen LogP contribution < -0.4 is 15.6 Å². The van der Waals surface area contributed by atoms with Crippen LogP contribution in [0.5, 0.6) is 5.75 Å². The summed E-state index contributed by atoms with van der Waals surface area (Å²) in [5.74, 6) is -0.271. The van der Waals surface area contributed by atoms with Crippen molar-refractivity contribution in [2.75, 3.05) is 18.6 Å². The van der Waals surface area contributed by atoms with Gasteiger partial charge in [-0.2, -0.15) is 0 Å². The number of alkyl halides is 1. The Hall–Kier alpha value is -3.20. The molecule has 4 fully saturated rings. The van der Waals surface area contributed by atoms with E-state index >= 15 is 0 Å². The number of hydrogen-bond acceptors (Lipinski definition) is 5. The zero-order chi connectivity index (χ0) is 23.7. The van der Waals surface area contributed by atoms with Crippen LogP contribution in [0.15, 0.2) is 41.6 Å². The summed E-state index contributed by atoms with van der Waals surface area (Å²) in [4.78, 5) is 30.9. The van der Waals surface area contributed by atoms with Crippen molar-refractivity contribution < 1.29 is 18.7 Å². The van der Waals surface area contributed by atoms with Crippen LogP contribution in [-0.4, -0.2) is 44.8 Å². The van der Waals surface area contributed by atoms with Gasteiger partial charge in [-0.15, -0.1) is 0 Å². The van der Waals surface area contributed by atoms with Crippen LogP contribution in [0.2, 0.25) is 0 Å². The van der Waals surface area contributed by atoms with E-state index in [1.165, 1.54) is 0 Å². The number of hydrogen-bond donors (Lipinski definition) is 1. The number of amides is 1. The molecule has 2 saturated carbocycles. The van der Waals surface area contributed by atoms with E-state index in [1.807, 2.05) is 6.20 Å². The average molecular weight is 467 g/mol. The van der Waals surface area contributed by atoms with Gasteiger partial charge in [0.05, 0.1) is 23.5 Å². The third-order valence-electron chi connectivity index (χ3n) is 7.17.